The topological polar surface area (TPSA) is 0 Å². The van der Waals surface area contributed by atoms with Crippen molar-refractivity contribution in [2.24, 2.45) is 0 Å². The summed E-state index contributed by atoms with van der Waals surface area (Å²) in [5.41, 5.74) is 0. The summed E-state index contributed by atoms with van der Waals surface area (Å²) in [5.74, 6) is 0. The van der Waals surface area contributed by atoms with Crippen LogP contribution in [0.5, 0.6) is 0 Å². The van der Waals surface area contributed by atoms with Crippen LogP contribution in [0, 0.1) is 0 Å². The second-order valence-corrected chi connectivity index (χ2v) is 32.2. The van der Waals surface area contributed by atoms with Gasteiger partial charge in [0.05, 0.1) is 8.07 Å². The van der Waals surface area contributed by atoms with E-state index >= 15 is 0 Å². The van der Waals surface area contributed by atoms with Gasteiger partial charge in [0.15, 0.2) is 0 Å². The fraction of sp³-hybridized carbons (Fsp3) is 1.00. The highest BCUT2D eigenvalue weighted by atomic mass is 28.5. The highest BCUT2D eigenvalue weighted by Crippen LogP contribution is 2.70. The molecule has 3 heteroatoms. The van der Waals surface area contributed by atoms with Gasteiger partial charge in [-0.1, -0.05) is 126 Å². The summed E-state index contributed by atoms with van der Waals surface area (Å²) in [6.45, 7) is 39.4. The minimum atomic E-state index is -1.73. The molecule has 1 unspecified atom stereocenters. The predicted octanol–water partition coefficient (Wildman–Crippen LogP) is 9.13. The van der Waals surface area contributed by atoms with E-state index in [9.17, 15) is 0 Å². The molecule has 0 N–H and O–H groups in total. The predicted molar refractivity (Wildman–Crippen MR) is 129 cm³/mol. The summed E-state index contributed by atoms with van der Waals surface area (Å²) < 4.78 is 0. The molecule has 0 rings (SSSR count). The van der Waals surface area contributed by atoms with E-state index in [4.69, 9.17) is 0 Å². The Labute approximate surface area is 165 Å². The Hall–Kier alpha value is 0.651. The van der Waals surface area contributed by atoms with Crippen molar-refractivity contribution in [1.29, 1.82) is 0 Å². The molecule has 0 aliphatic rings. The minimum absolute atomic E-state index is 0.422. The zero-order chi connectivity index (χ0) is 20.7. The lowest BCUT2D eigenvalue weighted by Crippen LogP contribution is -2.71. The van der Waals surface area contributed by atoms with Crippen molar-refractivity contribution in [3.8, 4) is 0 Å². The highest BCUT2D eigenvalue weighted by Gasteiger charge is 2.68. The summed E-state index contributed by atoms with van der Waals surface area (Å²) in [6, 6.07) is 1.52. The van der Waals surface area contributed by atoms with Gasteiger partial charge in [-0.25, -0.2) is 0 Å². The monoisotopic (exact) mass is 400 g/mol. The first-order valence-electron chi connectivity index (χ1n) is 10.7. The van der Waals surface area contributed by atoms with Crippen molar-refractivity contribution in [1.82, 2.24) is 0 Å². The smallest absolute Gasteiger partial charge is 0.0676 e. The maximum Gasteiger partial charge on any atom is 0.0676 e. The van der Waals surface area contributed by atoms with Gasteiger partial charge in [-0.05, 0) is 15.1 Å². The molecule has 0 aromatic rings. The lowest BCUT2D eigenvalue weighted by atomic mass is 10.2. The Kier molecular flexibility index (Phi) is 7.78. The fourth-order valence-corrected chi connectivity index (χ4v) is 46.7. The van der Waals surface area contributed by atoms with Crippen LogP contribution in [0.2, 0.25) is 58.7 Å². The van der Waals surface area contributed by atoms with Gasteiger partial charge in [0, 0.05) is 16.1 Å². The Bertz CT molecular complexity index is 386. The van der Waals surface area contributed by atoms with Gasteiger partial charge in [0.2, 0.25) is 0 Å². The Morgan fingerprint density at radius 3 is 1.16 bits per heavy atom. The molecular weight excluding hydrogens is 349 g/mol. The first-order valence-corrected chi connectivity index (χ1v) is 19.6. The van der Waals surface area contributed by atoms with Gasteiger partial charge in [-0.3, -0.25) is 0 Å². The molecule has 0 heterocycles. The van der Waals surface area contributed by atoms with Crippen LogP contribution in [0.1, 0.15) is 82.1 Å². The molecule has 0 bridgehead atoms. The van der Waals surface area contributed by atoms with E-state index in [0.29, 0.717) is 15.1 Å². The average molecular weight is 401 g/mol. The van der Waals surface area contributed by atoms with Crippen molar-refractivity contribution in [3.05, 3.63) is 0 Å². The summed E-state index contributed by atoms with van der Waals surface area (Å²) in [6.07, 6.45) is 2.78. The molecule has 0 nitrogen and oxygen atoms in total. The number of hydrogen-bond acceptors (Lipinski definition) is 0. The third kappa shape index (κ3) is 4.93. The second kappa shape index (κ2) is 7.58. The van der Waals surface area contributed by atoms with Gasteiger partial charge in [0.1, 0.15) is 0 Å². The van der Waals surface area contributed by atoms with Crippen LogP contribution in [0.3, 0.4) is 0 Å². The lowest BCUT2D eigenvalue weighted by molar-refractivity contribution is 0.527. The van der Waals surface area contributed by atoms with Crippen molar-refractivity contribution in [2.45, 2.75) is 141 Å². The molecule has 0 amide bonds. The summed E-state index contributed by atoms with van der Waals surface area (Å²) >= 11 is 0. The van der Waals surface area contributed by atoms with Crippen LogP contribution in [-0.2, 0) is 0 Å². The molecule has 0 aromatic carbocycles. The molecule has 1 atom stereocenters. The molecule has 152 valence electrons. The third-order valence-corrected chi connectivity index (χ3v) is 32.2. The van der Waals surface area contributed by atoms with E-state index in [1.54, 1.807) is 0 Å². The van der Waals surface area contributed by atoms with Gasteiger partial charge in [-0.2, -0.15) is 0 Å². The minimum Gasteiger partial charge on any atom is -0.0698 e. The SMILES string of the molecule is CCCC[Si](C)(C)C([Si](C)(C)C)[Si](C(C)(C)C)(C(C)(C)C)C(C)(C)C. The van der Waals surface area contributed by atoms with Gasteiger partial charge >= 0.3 is 0 Å². The van der Waals surface area contributed by atoms with Crippen LogP contribution in [0.15, 0.2) is 0 Å². The van der Waals surface area contributed by atoms with E-state index in [1.807, 2.05) is 0 Å². The Balaban J connectivity index is 7.03. The standard InChI is InChI=1S/C22H52Si3/c1-16-17-18-24(14,15)19(23(11,12)13)25(20(2,3)4,21(5,6)7)22(8,9)10/h19H,16-18H2,1-15H3. The number of hydrogen-bond donors (Lipinski definition) is 0. The third-order valence-electron chi connectivity index (χ3n) is 6.80. The van der Waals surface area contributed by atoms with E-state index < -0.39 is 24.2 Å². The Morgan fingerprint density at radius 2 is 0.960 bits per heavy atom. The van der Waals surface area contributed by atoms with E-state index in [0.717, 1.165) is 4.79 Å². The first-order chi connectivity index (χ1) is 10.7. The molecule has 0 aromatic heterocycles. The van der Waals surface area contributed by atoms with Crippen molar-refractivity contribution >= 4 is 24.2 Å². The van der Waals surface area contributed by atoms with Crippen LogP contribution >= 0.6 is 0 Å². The quantitative estimate of drug-likeness (QED) is 0.390. The molecule has 0 aliphatic carbocycles. The average Bonchev–Trinajstić information content (AvgIpc) is 2.26. The number of unbranched alkanes of at least 4 members (excludes halogenated alkanes) is 1. The molecule has 25 heavy (non-hydrogen) atoms. The normalized spacial score (nSPS) is 16.9. The van der Waals surface area contributed by atoms with Crippen molar-refractivity contribution < 1.29 is 0 Å². The molecule has 0 radical (unpaired) electrons. The molecule has 0 saturated carbocycles. The van der Waals surface area contributed by atoms with Crippen molar-refractivity contribution in [2.75, 3.05) is 0 Å². The first kappa shape index (κ1) is 25.7. The Morgan fingerprint density at radius 1 is 0.640 bits per heavy atom. The van der Waals surface area contributed by atoms with Crippen molar-refractivity contribution in [3.63, 3.8) is 0 Å². The van der Waals surface area contributed by atoms with E-state index in [2.05, 4.69) is 102 Å². The molecule has 0 aliphatic heterocycles. The molecule has 0 spiro atoms. The number of rotatable bonds is 6. The molecule has 0 saturated heterocycles. The van der Waals surface area contributed by atoms with Crippen LogP contribution in [0.25, 0.3) is 0 Å². The van der Waals surface area contributed by atoms with E-state index in [1.165, 1.54) is 18.9 Å². The van der Waals surface area contributed by atoms with Gasteiger partial charge < -0.3 is 0 Å². The summed E-state index contributed by atoms with van der Waals surface area (Å²) in [4.78, 5) is 1.04. The zero-order valence-electron chi connectivity index (χ0n) is 20.7. The second-order valence-electron chi connectivity index (χ2n) is 13.4. The maximum atomic E-state index is 2.76. The van der Waals surface area contributed by atoms with Gasteiger partial charge in [-0.15, -0.1) is 0 Å². The fourth-order valence-electron chi connectivity index (χ4n) is 7.86. The van der Waals surface area contributed by atoms with Crippen LogP contribution in [0.4, 0.5) is 0 Å². The highest BCUT2D eigenvalue weighted by molar-refractivity contribution is 7.15. The summed E-state index contributed by atoms with van der Waals surface area (Å²) in [7, 11) is -4.37. The van der Waals surface area contributed by atoms with Crippen LogP contribution in [-0.4, -0.2) is 24.2 Å². The van der Waals surface area contributed by atoms with Crippen LogP contribution < -0.4 is 0 Å². The maximum absolute atomic E-state index is 2.76. The lowest BCUT2D eigenvalue weighted by Gasteiger charge is -2.68. The zero-order valence-corrected chi connectivity index (χ0v) is 23.7. The van der Waals surface area contributed by atoms with E-state index in [-0.39, 0.29) is 0 Å². The summed E-state index contributed by atoms with van der Waals surface area (Å²) in [5, 5.41) is 1.26. The van der Waals surface area contributed by atoms with Gasteiger partial charge in [0.25, 0.3) is 0 Å². The molecule has 0 fully saturated rings. The largest absolute Gasteiger partial charge is 0.0698 e. The molecular formula is C22H52Si3.